The van der Waals surface area contributed by atoms with Gasteiger partial charge in [-0.3, -0.25) is 4.79 Å². The molecule has 5 nitrogen and oxygen atoms in total. The zero-order chi connectivity index (χ0) is 25.7. The van der Waals surface area contributed by atoms with E-state index in [-0.39, 0.29) is 35.7 Å². The number of rotatable bonds is 7. The number of hydrogen-bond donors (Lipinski definition) is 2. The van der Waals surface area contributed by atoms with E-state index in [4.69, 9.17) is 9.47 Å². The quantitative estimate of drug-likeness (QED) is 0.379. The van der Waals surface area contributed by atoms with E-state index in [1.54, 1.807) is 0 Å². The van der Waals surface area contributed by atoms with E-state index in [1.165, 1.54) is 38.5 Å². The number of hydrogen-bond acceptors (Lipinski definition) is 4. The van der Waals surface area contributed by atoms with E-state index in [0.717, 1.165) is 45.1 Å². The van der Waals surface area contributed by atoms with Gasteiger partial charge < -0.3 is 19.7 Å². The van der Waals surface area contributed by atoms with Crippen LogP contribution in [0.3, 0.4) is 0 Å². The third kappa shape index (κ3) is 4.57. The van der Waals surface area contributed by atoms with Crippen molar-refractivity contribution in [1.29, 1.82) is 0 Å². The molecule has 1 heterocycles. The summed E-state index contributed by atoms with van der Waals surface area (Å²) < 4.78 is 12.4. The largest absolute Gasteiger partial charge is 0.481 e. The maximum atomic E-state index is 12.0. The zero-order valence-corrected chi connectivity index (χ0v) is 23.3. The summed E-state index contributed by atoms with van der Waals surface area (Å²) in [6.07, 6.45) is 13.8. The monoisotopic (exact) mass is 504 g/mol. The van der Waals surface area contributed by atoms with Gasteiger partial charge in [0.1, 0.15) is 0 Å². The molecule has 2 N–H and O–H groups in total. The van der Waals surface area contributed by atoms with Gasteiger partial charge in [-0.25, -0.2) is 0 Å². The first-order valence-electron chi connectivity index (χ1n) is 15.4. The number of aliphatic carboxylic acids is 1. The Kier molecular flexibility index (Phi) is 7.85. The van der Waals surface area contributed by atoms with Gasteiger partial charge in [0, 0.05) is 13.0 Å². The minimum absolute atomic E-state index is 0.0247. The Morgan fingerprint density at radius 2 is 1.78 bits per heavy atom. The van der Waals surface area contributed by atoms with Gasteiger partial charge in [-0.1, -0.05) is 34.1 Å². The molecule has 5 heteroatoms. The van der Waals surface area contributed by atoms with Crippen LogP contribution in [0.15, 0.2) is 0 Å². The summed E-state index contributed by atoms with van der Waals surface area (Å²) in [7, 11) is 0. The molecule has 5 rings (SSSR count). The van der Waals surface area contributed by atoms with Crippen LogP contribution in [0.4, 0.5) is 0 Å². The van der Waals surface area contributed by atoms with Gasteiger partial charge in [0.2, 0.25) is 0 Å². The van der Waals surface area contributed by atoms with Crippen molar-refractivity contribution in [2.24, 2.45) is 52.3 Å². The summed E-state index contributed by atoms with van der Waals surface area (Å²) in [5.74, 6) is 2.78. The molecule has 0 aromatic heterocycles. The van der Waals surface area contributed by atoms with Gasteiger partial charge in [0.25, 0.3) is 0 Å². The van der Waals surface area contributed by atoms with Crippen LogP contribution < -0.4 is 0 Å². The number of carboxylic acids is 1. The van der Waals surface area contributed by atoms with Crippen molar-refractivity contribution in [1.82, 2.24) is 0 Å². The van der Waals surface area contributed by atoms with E-state index in [9.17, 15) is 15.0 Å². The number of aliphatic hydroxyl groups excluding tert-OH is 1. The fraction of sp³-hybridized carbons (Fsp3) is 0.968. The molecule has 5 aliphatic rings. The van der Waals surface area contributed by atoms with Crippen molar-refractivity contribution in [2.75, 3.05) is 6.61 Å². The van der Waals surface area contributed by atoms with Crippen LogP contribution >= 0.6 is 0 Å². The molecule has 0 aromatic rings. The van der Waals surface area contributed by atoms with E-state index in [2.05, 4.69) is 27.7 Å². The third-order valence-corrected chi connectivity index (χ3v) is 12.4. The lowest BCUT2D eigenvalue weighted by Crippen LogP contribution is -2.62. The smallest absolute Gasteiger partial charge is 0.303 e. The minimum Gasteiger partial charge on any atom is -0.481 e. The highest BCUT2D eigenvalue weighted by atomic mass is 16.7. The van der Waals surface area contributed by atoms with Crippen molar-refractivity contribution in [3.63, 3.8) is 0 Å². The van der Waals surface area contributed by atoms with Crippen LogP contribution in [-0.2, 0) is 14.3 Å². The second-order valence-corrected chi connectivity index (χ2v) is 13.9. The summed E-state index contributed by atoms with van der Waals surface area (Å²) in [6.45, 7) is 10.5. The zero-order valence-electron chi connectivity index (χ0n) is 23.3. The molecular weight excluding hydrogens is 452 g/mol. The first-order chi connectivity index (χ1) is 17.2. The fourth-order valence-corrected chi connectivity index (χ4v) is 10.6. The molecule has 4 aliphatic carbocycles. The minimum atomic E-state index is -0.674. The second kappa shape index (κ2) is 10.5. The van der Waals surface area contributed by atoms with Crippen molar-refractivity contribution < 1.29 is 24.5 Å². The summed E-state index contributed by atoms with van der Waals surface area (Å²) in [6, 6.07) is 0. The summed E-state index contributed by atoms with van der Waals surface area (Å²) in [4.78, 5) is 11.2. The average molecular weight is 505 g/mol. The topological polar surface area (TPSA) is 76.0 Å². The van der Waals surface area contributed by atoms with Crippen molar-refractivity contribution in [2.45, 2.75) is 130 Å². The van der Waals surface area contributed by atoms with Gasteiger partial charge in [-0.15, -0.1) is 0 Å². The Morgan fingerprint density at radius 3 is 2.47 bits per heavy atom. The average Bonchev–Trinajstić information content (AvgIpc) is 3.21. The number of carboxylic acid groups (broad SMARTS) is 1. The Morgan fingerprint density at radius 1 is 1.03 bits per heavy atom. The molecule has 1 aliphatic heterocycles. The Bertz CT molecular complexity index is 779. The highest BCUT2D eigenvalue weighted by Crippen LogP contribution is 2.69. The molecule has 36 heavy (non-hydrogen) atoms. The predicted octanol–water partition coefficient (Wildman–Crippen LogP) is 6.66. The first kappa shape index (κ1) is 26.9. The lowest BCUT2D eigenvalue weighted by Gasteiger charge is -2.65. The maximum absolute atomic E-state index is 12.0. The van der Waals surface area contributed by atoms with Gasteiger partial charge in [-0.05, 0) is 123 Å². The van der Waals surface area contributed by atoms with Crippen LogP contribution in [0.2, 0.25) is 0 Å². The van der Waals surface area contributed by atoms with Crippen molar-refractivity contribution in [3.05, 3.63) is 0 Å². The molecule has 0 aromatic carbocycles. The highest BCUT2D eigenvalue weighted by Gasteiger charge is 2.65. The molecule has 4 saturated carbocycles. The number of fused-ring (bicyclic) bond motifs is 5. The van der Waals surface area contributed by atoms with Crippen molar-refractivity contribution in [3.8, 4) is 0 Å². The fourth-order valence-electron chi connectivity index (χ4n) is 10.6. The van der Waals surface area contributed by atoms with Gasteiger partial charge in [-0.2, -0.15) is 0 Å². The Hall–Kier alpha value is -0.650. The van der Waals surface area contributed by atoms with Crippen molar-refractivity contribution >= 4 is 5.97 Å². The van der Waals surface area contributed by atoms with Gasteiger partial charge in [0.15, 0.2) is 6.29 Å². The van der Waals surface area contributed by atoms with E-state index in [0.29, 0.717) is 41.4 Å². The Labute approximate surface area is 219 Å². The van der Waals surface area contributed by atoms with Crippen LogP contribution in [0.25, 0.3) is 0 Å². The van der Waals surface area contributed by atoms with Gasteiger partial charge >= 0.3 is 5.97 Å². The first-order valence-corrected chi connectivity index (χ1v) is 15.4. The third-order valence-electron chi connectivity index (χ3n) is 12.4. The predicted molar refractivity (Wildman–Crippen MR) is 140 cm³/mol. The lowest BCUT2D eigenvalue weighted by molar-refractivity contribution is -0.234. The van der Waals surface area contributed by atoms with Crippen LogP contribution in [0.1, 0.15) is 111 Å². The van der Waals surface area contributed by atoms with E-state index in [1.807, 2.05) is 0 Å². The van der Waals surface area contributed by atoms with E-state index < -0.39 is 5.97 Å². The molecule has 12 atom stereocenters. The summed E-state index contributed by atoms with van der Waals surface area (Å²) >= 11 is 0. The molecule has 5 unspecified atom stereocenters. The van der Waals surface area contributed by atoms with Gasteiger partial charge in [0.05, 0.1) is 12.2 Å². The van der Waals surface area contributed by atoms with Crippen LogP contribution in [0, 0.1) is 52.3 Å². The molecule has 1 saturated heterocycles. The molecule has 0 bridgehead atoms. The SMILES string of the molecule is CC[C@H]1[C@@H](O)C2C3CCC([C@H](C)CCC(=O)O)[C@@]3(C)CCC2[C@@]2(C)CC[C@@H](OC3CCCCO3)C[C@@H]12. The molecule has 0 amide bonds. The normalized spacial score (nSPS) is 49.5. The number of ether oxygens (including phenoxy) is 2. The molecule has 0 radical (unpaired) electrons. The number of aliphatic hydroxyl groups is 1. The standard InChI is InChI=1S/C31H52O5/c1-5-21-25-18-20(36-27-8-6-7-17-35-27)13-15-31(25,4)24-14-16-30(3)22(19(2)9-12-26(32)33)10-11-23(30)28(24)29(21)34/h19-25,27-29,34H,5-18H2,1-4H3,(H,32,33)/t19-,20-,21-,22?,23?,24?,25+,27?,28?,29-,30-,31-/m1/s1. The highest BCUT2D eigenvalue weighted by molar-refractivity contribution is 5.66. The Balaban J connectivity index is 1.34. The molecule has 206 valence electrons. The number of carbonyl (C=O) groups is 1. The molecule has 0 spiro atoms. The van der Waals surface area contributed by atoms with Crippen LogP contribution in [0.5, 0.6) is 0 Å². The molecular formula is C31H52O5. The summed E-state index contributed by atoms with van der Waals surface area (Å²) in [5.41, 5.74) is 0.520. The maximum Gasteiger partial charge on any atom is 0.303 e. The van der Waals surface area contributed by atoms with Crippen LogP contribution in [-0.4, -0.2) is 41.3 Å². The molecule has 5 fully saturated rings. The second-order valence-electron chi connectivity index (χ2n) is 13.9. The summed E-state index contributed by atoms with van der Waals surface area (Å²) in [5, 5.41) is 21.3. The van der Waals surface area contributed by atoms with E-state index >= 15 is 0 Å². The lowest BCUT2D eigenvalue weighted by atomic mass is 9.41.